The number of anilines is 1. The minimum absolute atomic E-state index is 0.0540. The quantitative estimate of drug-likeness (QED) is 0.582. The van der Waals surface area contributed by atoms with Gasteiger partial charge in [-0.3, -0.25) is 4.79 Å². The molecule has 3 rings (SSSR count). The van der Waals surface area contributed by atoms with E-state index in [1.165, 1.54) is 18.2 Å². The molecule has 0 saturated heterocycles. The molecule has 0 bridgehead atoms. The second kappa shape index (κ2) is 9.18. The zero-order valence-corrected chi connectivity index (χ0v) is 16.0. The molecule has 0 aliphatic rings. The van der Waals surface area contributed by atoms with Gasteiger partial charge in [-0.05, 0) is 48.0 Å². The summed E-state index contributed by atoms with van der Waals surface area (Å²) in [7, 11) is 0. The first kappa shape index (κ1) is 21.7. The predicted molar refractivity (Wildman–Crippen MR) is 110 cm³/mol. The van der Waals surface area contributed by atoms with E-state index in [0.29, 0.717) is 16.8 Å². The van der Waals surface area contributed by atoms with Gasteiger partial charge in [-0.25, -0.2) is 4.79 Å². The van der Waals surface area contributed by atoms with Crippen molar-refractivity contribution in [1.29, 1.82) is 0 Å². The number of hydrogen-bond donors (Lipinski definition) is 2. The van der Waals surface area contributed by atoms with Crippen molar-refractivity contribution in [1.82, 2.24) is 0 Å². The van der Waals surface area contributed by atoms with Crippen LogP contribution >= 0.6 is 0 Å². The molecule has 0 heterocycles. The van der Waals surface area contributed by atoms with Gasteiger partial charge in [0.15, 0.2) is 0 Å². The van der Waals surface area contributed by atoms with Crippen molar-refractivity contribution in [3.63, 3.8) is 0 Å². The number of nitrogens with one attached hydrogen (secondary N) is 1. The van der Waals surface area contributed by atoms with Gasteiger partial charge in [-0.2, -0.15) is 13.2 Å². The molecule has 0 fully saturated rings. The Morgan fingerprint density at radius 2 is 1.52 bits per heavy atom. The van der Waals surface area contributed by atoms with Crippen molar-refractivity contribution in [3.05, 3.63) is 101 Å². The summed E-state index contributed by atoms with van der Waals surface area (Å²) < 4.78 is 38.4. The maximum absolute atomic E-state index is 12.8. The second-order valence-electron chi connectivity index (χ2n) is 6.60. The summed E-state index contributed by atoms with van der Waals surface area (Å²) in [5.74, 6) is 3.95. The second-order valence-corrected chi connectivity index (χ2v) is 6.60. The summed E-state index contributed by atoms with van der Waals surface area (Å²) in [5.41, 5.74) is 0.817. The SMILES string of the molecule is O=C(Cc1ccccc1C(=O)O)Nc1cccc(C#Cc2cccc(C(F)(F)F)c2)c1. The fourth-order valence-corrected chi connectivity index (χ4v) is 2.85. The smallest absolute Gasteiger partial charge is 0.416 e. The lowest BCUT2D eigenvalue weighted by atomic mass is 10.0. The maximum atomic E-state index is 12.8. The van der Waals surface area contributed by atoms with Gasteiger partial charge in [0.1, 0.15) is 0 Å². The molecule has 0 spiro atoms. The Labute approximate surface area is 176 Å². The highest BCUT2D eigenvalue weighted by molar-refractivity contribution is 5.96. The Balaban J connectivity index is 1.73. The van der Waals surface area contributed by atoms with Gasteiger partial charge in [-0.15, -0.1) is 0 Å². The Bertz CT molecular complexity index is 1190. The number of aromatic carboxylic acids is 1. The number of carboxylic acid groups (broad SMARTS) is 1. The van der Waals surface area contributed by atoms with Gasteiger partial charge in [0.25, 0.3) is 0 Å². The number of halogens is 3. The number of carbonyl (C=O) groups is 2. The van der Waals surface area contributed by atoms with E-state index in [2.05, 4.69) is 17.2 Å². The largest absolute Gasteiger partial charge is 0.478 e. The van der Waals surface area contributed by atoms with Gasteiger partial charge < -0.3 is 10.4 Å². The van der Waals surface area contributed by atoms with Crippen LogP contribution in [0, 0.1) is 11.8 Å². The third-order valence-electron chi connectivity index (χ3n) is 4.29. The van der Waals surface area contributed by atoms with E-state index < -0.39 is 23.6 Å². The van der Waals surface area contributed by atoms with Crippen LogP contribution in [0.5, 0.6) is 0 Å². The summed E-state index contributed by atoms with van der Waals surface area (Å²) in [6.07, 6.45) is -4.57. The molecule has 0 saturated carbocycles. The molecule has 4 nitrogen and oxygen atoms in total. The van der Waals surface area contributed by atoms with Crippen LogP contribution in [-0.2, 0) is 17.4 Å². The van der Waals surface area contributed by atoms with Crippen molar-refractivity contribution >= 4 is 17.6 Å². The monoisotopic (exact) mass is 423 g/mol. The van der Waals surface area contributed by atoms with E-state index in [1.54, 1.807) is 42.5 Å². The Morgan fingerprint density at radius 3 is 2.19 bits per heavy atom. The fourth-order valence-electron chi connectivity index (χ4n) is 2.85. The number of carboxylic acids is 1. The zero-order valence-electron chi connectivity index (χ0n) is 16.0. The molecule has 3 aromatic rings. The average Bonchev–Trinajstić information content (AvgIpc) is 2.72. The highest BCUT2D eigenvalue weighted by Crippen LogP contribution is 2.29. The van der Waals surface area contributed by atoms with E-state index in [0.717, 1.165) is 12.1 Å². The van der Waals surface area contributed by atoms with E-state index in [-0.39, 0.29) is 17.5 Å². The molecule has 7 heteroatoms. The molecule has 0 atom stereocenters. The molecule has 1 amide bonds. The highest BCUT2D eigenvalue weighted by atomic mass is 19.4. The standard InChI is InChI=1S/C24H16F3NO3/c25-24(26,27)19-8-3-5-16(13-19)11-12-17-6-4-9-20(14-17)28-22(29)15-18-7-1-2-10-21(18)23(30)31/h1-10,13-14H,15H2,(H,28,29)(H,30,31). The van der Waals surface area contributed by atoms with Crippen molar-refractivity contribution in [2.45, 2.75) is 12.6 Å². The van der Waals surface area contributed by atoms with Crippen molar-refractivity contribution in [2.75, 3.05) is 5.32 Å². The number of alkyl halides is 3. The first-order valence-electron chi connectivity index (χ1n) is 9.13. The van der Waals surface area contributed by atoms with Crippen LogP contribution in [-0.4, -0.2) is 17.0 Å². The third-order valence-corrected chi connectivity index (χ3v) is 4.29. The zero-order chi connectivity index (χ0) is 22.4. The summed E-state index contributed by atoms with van der Waals surface area (Å²) in [4.78, 5) is 23.6. The fraction of sp³-hybridized carbons (Fsp3) is 0.0833. The van der Waals surface area contributed by atoms with Gasteiger partial charge in [0.05, 0.1) is 17.5 Å². The lowest BCUT2D eigenvalue weighted by Crippen LogP contribution is -2.16. The number of amides is 1. The minimum atomic E-state index is -4.44. The molecule has 0 unspecified atom stereocenters. The van der Waals surface area contributed by atoms with Crippen LogP contribution in [0.25, 0.3) is 0 Å². The Kier molecular flexibility index (Phi) is 6.41. The van der Waals surface area contributed by atoms with Crippen LogP contribution in [0.2, 0.25) is 0 Å². The van der Waals surface area contributed by atoms with Crippen LogP contribution in [0.15, 0.2) is 72.8 Å². The first-order valence-corrected chi connectivity index (χ1v) is 9.13. The van der Waals surface area contributed by atoms with Crippen LogP contribution in [0.3, 0.4) is 0 Å². The number of rotatable bonds is 4. The Hall–Kier alpha value is -4.05. The van der Waals surface area contributed by atoms with E-state index in [1.807, 2.05) is 0 Å². The van der Waals surface area contributed by atoms with E-state index in [4.69, 9.17) is 0 Å². The van der Waals surface area contributed by atoms with Crippen molar-refractivity contribution < 1.29 is 27.9 Å². The number of hydrogen-bond acceptors (Lipinski definition) is 2. The molecule has 0 radical (unpaired) electrons. The normalized spacial score (nSPS) is 10.7. The summed E-state index contributed by atoms with van der Waals surface area (Å²) >= 11 is 0. The van der Waals surface area contributed by atoms with Gasteiger partial charge in [0, 0.05) is 16.8 Å². The van der Waals surface area contributed by atoms with Crippen molar-refractivity contribution in [3.8, 4) is 11.8 Å². The van der Waals surface area contributed by atoms with Gasteiger partial charge in [-0.1, -0.05) is 42.2 Å². The molecule has 0 aromatic heterocycles. The maximum Gasteiger partial charge on any atom is 0.416 e. The van der Waals surface area contributed by atoms with E-state index in [9.17, 15) is 27.9 Å². The molecular formula is C24H16F3NO3. The minimum Gasteiger partial charge on any atom is -0.478 e. The van der Waals surface area contributed by atoms with Crippen LogP contribution < -0.4 is 5.32 Å². The average molecular weight is 423 g/mol. The molecule has 0 aliphatic heterocycles. The van der Waals surface area contributed by atoms with Gasteiger partial charge >= 0.3 is 12.1 Å². The summed E-state index contributed by atoms with van der Waals surface area (Å²) in [5, 5.41) is 11.9. The van der Waals surface area contributed by atoms with Crippen LogP contribution in [0.4, 0.5) is 18.9 Å². The predicted octanol–water partition coefficient (Wildman–Crippen LogP) is 4.98. The van der Waals surface area contributed by atoms with Crippen molar-refractivity contribution in [2.24, 2.45) is 0 Å². The molecular weight excluding hydrogens is 407 g/mol. The van der Waals surface area contributed by atoms with E-state index >= 15 is 0 Å². The molecule has 2 N–H and O–H groups in total. The topological polar surface area (TPSA) is 66.4 Å². The molecule has 3 aromatic carbocycles. The lowest BCUT2D eigenvalue weighted by Gasteiger charge is -2.08. The number of benzene rings is 3. The van der Waals surface area contributed by atoms with Gasteiger partial charge in [0.2, 0.25) is 5.91 Å². The molecule has 0 aliphatic carbocycles. The molecule has 156 valence electrons. The summed E-state index contributed by atoms with van der Waals surface area (Å²) in [6, 6.07) is 17.5. The third kappa shape index (κ3) is 5.97. The number of carbonyl (C=O) groups excluding carboxylic acids is 1. The highest BCUT2D eigenvalue weighted by Gasteiger charge is 2.30. The summed E-state index contributed by atoms with van der Waals surface area (Å²) in [6.45, 7) is 0. The van der Waals surface area contributed by atoms with Crippen LogP contribution in [0.1, 0.15) is 32.6 Å². The first-order chi connectivity index (χ1) is 14.7. The lowest BCUT2D eigenvalue weighted by molar-refractivity contribution is -0.137. The Morgan fingerprint density at radius 1 is 0.871 bits per heavy atom. The molecule has 31 heavy (non-hydrogen) atoms.